The highest BCUT2D eigenvalue weighted by Gasteiger charge is 2.19. The molecule has 0 aliphatic carbocycles. The fourth-order valence-corrected chi connectivity index (χ4v) is 1.80. The second-order valence-electron chi connectivity index (χ2n) is 4.82. The smallest absolute Gasteiger partial charge is 0.309 e. The van der Waals surface area contributed by atoms with Crippen molar-refractivity contribution in [1.82, 2.24) is 5.32 Å². The molecule has 0 amide bonds. The summed E-state index contributed by atoms with van der Waals surface area (Å²) in [6.45, 7) is 7.18. The van der Waals surface area contributed by atoms with Crippen LogP contribution in [0.5, 0.6) is 0 Å². The highest BCUT2D eigenvalue weighted by Crippen LogP contribution is 2.06. The van der Waals surface area contributed by atoms with E-state index >= 15 is 0 Å². The second-order valence-corrected chi connectivity index (χ2v) is 4.82. The van der Waals surface area contributed by atoms with Crippen LogP contribution in [0.15, 0.2) is 0 Å². The zero-order valence-corrected chi connectivity index (χ0v) is 11.9. The van der Waals surface area contributed by atoms with Crippen molar-refractivity contribution < 1.29 is 9.53 Å². The molecule has 0 saturated heterocycles. The molecule has 3 nitrogen and oxygen atoms in total. The Labute approximate surface area is 106 Å². The standard InChI is InChI=1S/C14H29NO2/c1-5-6-7-8-9-10-11-15-13(3)12(2)14(16)17-4/h12-13,15H,5-11H2,1-4H3. The molecule has 17 heavy (non-hydrogen) atoms. The fourth-order valence-electron chi connectivity index (χ4n) is 1.80. The summed E-state index contributed by atoms with van der Waals surface area (Å²) in [5.41, 5.74) is 0. The quantitative estimate of drug-likeness (QED) is 0.473. The lowest BCUT2D eigenvalue weighted by molar-refractivity contribution is -0.145. The Hall–Kier alpha value is -0.570. The van der Waals surface area contributed by atoms with E-state index in [1.54, 1.807) is 0 Å². The predicted octanol–water partition coefficient (Wildman–Crippen LogP) is 3.13. The molecule has 2 atom stereocenters. The minimum absolute atomic E-state index is 0.0694. The summed E-state index contributed by atoms with van der Waals surface area (Å²) in [7, 11) is 1.44. The van der Waals surface area contributed by atoms with E-state index in [4.69, 9.17) is 4.74 Å². The second kappa shape index (κ2) is 10.6. The van der Waals surface area contributed by atoms with Crippen LogP contribution in [0.2, 0.25) is 0 Å². The maximum absolute atomic E-state index is 11.3. The number of nitrogens with one attached hydrogen (secondary N) is 1. The van der Waals surface area contributed by atoms with Crippen LogP contribution in [-0.2, 0) is 9.53 Å². The van der Waals surface area contributed by atoms with Gasteiger partial charge in [-0.05, 0) is 19.9 Å². The van der Waals surface area contributed by atoms with Gasteiger partial charge in [0, 0.05) is 6.04 Å². The Balaban J connectivity index is 3.44. The first-order valence-electron chi connectivity index (χ1n) is 6.94. The van der Waals surface area contributed by atoms with E-state index in [-0.39, 0.29) is 17.9 Å². The van der Waals surface area contributed by atoms with Gasteiger partial charge in [-0.25, -0.2) is 0 Å². The van der Waals surface area contributed by atoms with Crippen molar-refractivity contribution >= 4 is 5.97 Å². The van der Waals surface area contributed by atoms with Crippen LogP contribution < -0.4 is 5.32 Å². The van der Waals surface area contributed by atoms with Crippen LogP contribution in [0.3, 0.4) is 0 Å². The lowest BCUT2D eigenvalue weighted by Crippen LogP contribution is -2.37. The van der Waals surface area contributed by atoms with E-state index in [2.05, 4.69) is 12.2 Å². The summed E-state index contributed by atoms with van der Waals surface area (Å²) >= 11 is 0. The van der Waals surface area contributed by atoms with Crippen molar-refractivity contribution in [2.75, 3.05) is 13.7 Å². The fraction of sp³-hybridized carbons (Fsp3) is 0.929. The summed E-state index contributed by atoms with van der Waals surface area (Å²) in [6, 6.07) is 0.193. The van der Waals surface area contributed by atoms with Gasteiger partial charge >= 0.3 is 5.97 Å². The molecule has 0 aromatic carbocycles. The minimum Gasteiger partial charge on any atom is -0.469 e. The first kappa shape index (κ1) is 16.4. The highest BCUT2D eigenvalue weighted by atomic mass is 16.5. The van der Waals surface area contributed by atoms with Crippen LogP contribution in [0, 0.1) is 5.92 Å². The molecule has 1 N–H and O–H groups in total. The summed E-state index contributed by atoms with van der Waals surface area (Å²) in [5.74, 6) is -0.201. The number of rotatable bonds is 10. The number of carbonyl (C=O) groups is 1. The average molecular weight is 243 g/mol. The third kappa shape index (κ3) is 8.19. The molecular formula is C14H29NO2. The van der Waals surface area contributed by atoms with E-state index < -0.39 is 0 Å². The van der Waals surface area contributed by atoms with Crippen molar-refractivity contribution in [2.24, 2.45) is 5.92 Å². The third-order valence-corrected chi connectivity index (χ3v) is 3.32. The largest absolute Gasteiger partial charge is 0.469 e. The van der Waals surface area contributed by atoms with E-state index in [0.29, 0.717) is 0 Å². The van der Waals surface area contributed by atoms with Crippen molar-refractivity contribution in [2.45, 2.75) is 65.3 Å². The zero-order chi connectivity index (χ0) is 13.1. The van der Waals surface area contributed by atoms with Gasteiger partial charge in [-0.15, -0.1) is 0 Å². The molecule has 0 spiro atoms. The molecule has 0 fully saturated rings. The lowest BCUT2D eigenvalue weighted by Gasteiger charge is -2.19. The van der Waals surface area contributed by atoms with Crippen LogP contribution in [0.1, 0.15) is 59.3 Å². The Morgan fingerprint density at radius 1 is 1.12 bits per heavy atom. The molecule has 102 valence electrons. The lowest BCUT2D eigenvalue weighted by atomic mass is 10.0. The number of unbranched alkanes of at least 4 members (excludes halogenated alkanes) is 5. The number of hydrogen-bond acceptors (Lipinski definition) is 3. The molecule has 0 aliphatic heterocycles. The molecule has 0 saturated carbocycles. The van der Waals surface area contributed by atoms with Crippen molar-refractivity contribution in [3.8, 4) is 0 Å². The van der Waals surface area contributed by atoms with Gasteiger partial charge in [0.2, 0.25) is 0 Å². The molecule has 0 heterocycles. The number of hydrogen-bond donors (Lipinski definition) is 1. The Morgan fingerprint density at radius 3 is 2.29 bits per heavy atom. The van der Waals surface area contributed by atoms with E-state index in [9.17, 15) is 4.79 Å². The summed E-state index contributed by atoms with van der Waals surface area (Å²) < 4.78 is 4.73. The molecule has 0 bridgehead atoms. The first-order valence-corrected chi connectivity index (χ1v) is 6.94. The Bertz CT molecular complexity index is 195. The van der Waals surface area contributed by atoms with Crippen LogP contribution in [0.25, 0.3) is 0 Å². The van der Waals surface area contributed by atoms with Gasteiger partial charge < -0.3 is 10.1 Å². The van der Waals surface area contributed by atoms with Crippen LogP contribution in [-0.4, -0.2) is 25.7 Å². The zero-order valence-electron chi connectivity index (χ0n) is 11.9. The SMILES string of the molecule is CCCCCCCCNC(C)C(C)C(=O)OC. The van der Waals surface area contributed by atoms with Gasteiger partial charge in [-0.2, -0.15) is 0 Å². The summed E-state index contributed by atoms with van der Waals surface area (Å²) in [6.07, 6.45) is 7.81. The molecule has 2 unspecified atom stereocenters. The topological polar surface area (TPSA) is 38.3 Å². The molecule has 0 aliphatic rings. The molecule has 0 radical (unpaired) electrons. The van der Waals surface area contributed by atoms with Gasteiger partial charge in [0.15, 0.2) is 0 Å². The molecule has 3 heteroatoms. The van der Waals surface area contributed by atoms with Gasteiger partial charge in [-0.1, -0.05) is 46.0 Å². The number of ether oxygens (including phenoxy) is 1. The van der Waals surface area contributed by atoms with Crippen LogP contribution >= 0.6 is 0 Å². The van der Waals surface area contributed by atoms with E-state index in [1.165, 1.54) is 45.6 Å². The maximum atomic E-state index is 11.3. The first-order chi connectivity index (χ1) is 8.13. The summed E-state index contributed by atoms with van der Waals surface area (Å²) in [5, 5.41) is 3.39. The normalized spacial score (nSPS) is 14.4. The van der Waals surface area contributed by atoms with Gasteiger partial charge in [0.25, 0.3) is 0 Å². The molecule has 0 rings (SSSR count). The summed E-state index contributed by atoms with van der Waals surface area (Å²) in [4.78, 5) is 11.3. The van der Waals surface area contributed by atoms with Gasteiger partial charge in [-0.3, -0.25) is 4.79 Å². The van der Waals surface area contributed by atoms with Crippen molar-refractivity contribution in [1.29, 1.82) is 0 Å². The third-order valence-electron chi connectivity index (χ3n) is 3.32. The number of methoxy groups -OCH3 is 1. The number of esters is 1. The maximum Gasteiger partial charge on any atom is 0.309 e. The Kier molecular flexibility index (Phi) is 10.2. The van der Waals surface area contributed by atoms with Crippen molar-refractivity contribution in [3.63, 3.8) is 0 Å². The predicted molar refractivity (Wildman–Crippen MR) is 72.0 cm³/mol. The number of carbonyl (C=O) groups excluding carboxylic acids is 1. The van der Waals surface area contributed by atoms with Gasteiger partial charge in [0.05, 0.1) is 13.0 Å². The average Bonchev–Trinajstić information content (AvgIpc) is 2.35. The molecule has 0 aromatic rings. The minimum atomic E-state index is -0.132. The Morgan fingerprint density at radius 2 is 1.71 bits per heavy atom. The monoisotopic (exact) mass is 243 g/mol. The van der Waals surface area contributed by atoms with Crippen molar-refractivity contribution in [3.05, 3.63) is 0 Å². The highest BCUT2D eigenvalue weighted by molar-refractivity contribution is 5.72. The van der Waals surface area contributed by atoms with Crippen LogP contribution in [0.4, 0.5) is 0 Å². The van der Waals surface area contributed by atoms with Gasteiger partial charge in [0.1, 0.15) is 0 Å². The van der Waals surface area contributed by atoms with E-state index in [1.807, 2.05) is 13.8 Å². The van der Waals surface area contributed by atoms with E-state index in [0.717, 1.165) is 6.54 Å². The molecule has 0 aromatic heterocycles. The molecular weight excluding hydrogens is 214 g/mol.